The number of ether oxygens (including phenoxy) is 2. The van der Waals surface area contributed by atoms with E-state index in [1.165, 1.54) is 12.5 Å². The van der Waals surface area contributed by atoms with Gasteiger partial charge >= 0.3 is 6.61 Å². The molecule has 0 amide bonds. The van der Waals surface area contributed by atoms with E-state index in [1.807, 2.05) is 0 Å². The molecule has 0 radical (unpaired) electrons. The van der Waals surface area contributed by atoms with Crippen molar-refractivity contribution in [2.75, 3.05) is 40.4 Å². The Labute approximate surface area is 153 Å². The number of alkyl halides is 2. The highest BCUT2D eigenvalue weighted by Crippen LogP contribution is 2.20. The van der Waals surface area contributed by atoms with Crippen LogP contribution in [0.25, 0.3) is 0 Å². The zero-order chi connectivity index (χ0) is 18.8. The maximum absolute atomic E-state index is 12.5. The maximum atomic E-state index is 12.5. The first-order chi connectivity index (χ1) is 12.6. The van der Waals surface area contributed by atoms with Gasteiger partial charge in [-0.1, -0.05) is 18.2 Å². The molecule has 1 aliphatic heterocycles. The summed E-state index contributed by atoms with van der Waals surface area (Å²) in [5.41, 5.74) is 0.651. The van der Waals surface area contributed by atoms with E-state index in [4.69, 9.17) is 4.74 Å². The molecule has 146 valence electrons. The monoisotopic (exact) mass is 370 g/mol. The summed E-state index contributed by atoms with van der Waals surface area (Å²) in [4.78, 5) is 6.62. The summed E-state index contributed by atoms with van der Waals surface area (Å²) in [6.07, 6.45) is 2.32. The van der Waals surface area contributed by atoms with Gasteiger partial charge in [-0.15, -0.1) is 0 Å². The quantitative estimate of drug-likeness (QED) is 0.515. The average molecular weight is 370 g/mol. The number of para-hydroxylation sites is 1. The molecule has 0 saturated carbocycles. The zero-order valence-corrected chi connectivity index (χ0v) is 15.4. The maximum Gasteiger partial charge on any atom is 0.387 e. The van der Waals surface area contributed by atoms with Gasteiger partial charge in [0.1, 0.15) is 5.75 Å². The summed E-state index contributed by atoms with van der Waals surface area (Å²) in [7, 11) is 3.40. The molecule has 1 heterocycles. The molecule has 0 aliphatic carbocycles. The third-order valence-electron chi connectivity index (χ3n) is 4.45. The second kappa shape index (κ2) is 10.9. The molecule has 1 unspecified atom stereocenters. The highest BCUT2D eigenvalue weighted by atomic mass is 19.3. The number of rotatable bonds is 9. The molecule has 2 N–H and O–H groups in total. The van der Waals surface area contributed by atoms with Crippen molar-refractivity contribution in [3.63, 3.8) is 0 Å². The summed E-state index contributed by atoms with van der Waals surface area (Å²) >= 11 is 0. The minimum Gasteiger partial charge on any atom is -0.434 e. The number of benzene rings is 1. The number of methoxy groups -OCH3 is 1. The van der Waals surface area contributed by atoms with Gasteiger partial charge in [0.05, 0.1) is 6.61 Å². The van der Waals surface area contributed by atoms with Gasteiger partial charge in [-0.2, -0.15) is 8.78 Å². The van der Waals surface area contributed by atoms with Crippen LogP contribution in [0.2, 0.25) is 0 Å². The number of nitrogens with zero attached hydrogens (tertiary/aromatic N) is 2. The van der Waals surface area contributed by atoms with Gasteiger partial charge in [-0.25, -0.2) is 0 Å². The molecule has 1 aromatic rings. The zero-order valence-electron chi connectivity index (χ0n) is 15.4. The lowest BCUT2D eigenvalue weighted by Gasteiger charge is -2.25. The molecule has 1 fully saturated rings. The van der Waals surface area contributed by atoms with Crippen LogP contribution in [0, 0.1) is 0 Å². The molecule has 6 nitrogen and oxygen atoms in total. The van der Waals surface area contributed by atoms with Crippen LogP contribution in [0.3, 0.4) is 0 Å². The molecule has 1 atom stereocenters. The predicted octanol–water partition coefficient (Wildman–Crippen LogP) is 2.06. The third-order valence-corrected chi connectivity index (χ3v) is 4.45. The van der Waals surface area contributed by atoms with Crippen LogP contribution < -0.4 is 15.4 Å². The fourth-order valence-corrected chi connectivity index (χ4v) is 3.10. The number of likely N-dealkylation sites (tertiary alicyclic amines) is 1. The van der Waals surface area contributed by atoms with Crippen LogP contribution in [0.15, 0.2) is 29.3 Å². The Morgan fingerprint density at radius 1 is 1.35 bits per heavy atom. The van der Waals surface area contributed by atoms with Gasteiger partial charge in [-0.3, -0.25) is 9.89 Å². The lowest BCUT2D eigenvalue weighted by Crippen LogP contribution is -2.45. The Kier molecular flexibility index (Phi) is 8.57. The first-order valence-electron chi connectivity index (χ1n) is 8.84. The van der Waals surface area contributed by atoms with Crippen LogP contribution in [0.5, 0.6) is 5.75 Å². The summed E-state index contributed by atoms with van der Waals surface area (Å²) in [5, 5.41) is 6.47. The van der Waals surface area contributed by atoms with E-state index >= 15 is 0 Å². The average Bonchev–Trinajstić information content (AvgIpc) is 3.08. The Hall–Kier alpha value is -1.93. The van der Waals surface area contributed by atoms with Gasteiger partial charge in [0, 0.05) is 45.4 Å². The number of halogens is 2. The van der Waals surface area contributed by atoms with Crippen molar-refractivity contribution in [3.05, 3.63) is 29.8 Å². The van der Waals surface area contributed by atoms with Crippen molar-refractivity contribution in [2.45, 2.75) is 32.0 Å². The van der Waals surface area contributed by atoms with Gasteiger partial charge in [0.15, 0.2) is 5.96 Å². The van der Waals surface area contributed by atoms with Crippen molar-refractivity contribution in [2.24, 2.45) is 4.99 Å². The smallest absolute Gasteiger partial charge is 0.387 e. The van der Waals surface area contributed by atoms with Crippen molar-refractivity contribution >= 4 is 5.96 Å². The lowest BCUT2D eigenvalue weighted by molar-refractivity contribution is -0.0504. The molecule has 2 rings (SSSR count). The van der Waals surface area contributed by atoms with Gasteiger partial charge < -0.3 is 20.1 Å². The van der Waals surface area contributed by atoms with E-state index in [0.717, 1.165) is 32.7 Å². The fraction of sp³-hybridized carbons (Fsp3) is 0.611. The molecule has 0 bridgehead atoms. The van der Waals surface area contributed by atoms with Crippen LogP contribution in [0.4, 0.5) is 8.78 Å². The Bertz CT molecular complexity index is 572. The van der Waals surface area contributed by atoms with E-state index < -0.39 is 6.61 Å². The number of nitrogens with one attached hydrogen (secondary N) is 2. The number of aliphatic imine (C=N–C) groups is 1. The number of hydrogen-bond donors (Lipinski definition) is 2. The number of hydrogen-bond acceptors (Lipinski definition) is 4. The highest BCUT2D eigenvalue weighted by Gasteiger charge is 2.24. The molecule has 1 saturated heterocycles. The Morgan fingerprint density at radius 2 is 2.15 bits per heavy atom. The second-order valence-corrected chi connectivity index (χ2v) is 6.12. The third kappa shape index (κ3) is 6.42. The summed E-state index contributed by atoms with van der Waals surface area (Å²) < 4.78 is 34.7. The summed E-state index contributed by atoms with van der Waals surface area (Å²) in [5.74, 6) is 0.808. The standard InChI is InChI=1S/C18H28F2N4O2/c1-21-18(23-13-15-7-5-9-24(15)10-11-25-2)22-12-14-6-3-4-8-16(14)26-17(19)20/h3-4,6,8,15,17H,5,7,9-13H2,1-2H3,(H2,21,22,23). The minimum absolute atomic E-state index is 0.173. The van der Waals surface area contributed by atoms with Crippen LogP contribution in [-0.2, 0) is 11.3 Å². The van der Waals surface area contributed by atoms with E-state index in [-0.39, 0.29) is 5.75 Å². The van der Waals surface area contributed by atoms with Crippen molar-refractivity contribution < 1.29 is 18.3 Å². The normalized spacial score (nSPS) is 18.3. The lowest BCUT2D eigenvalue weighted by atomic mass is 10.2. The summed E-state index contributed by atoms with van der Waals surface area (Å²) in [6.45, 7) is 1.02. The SMILES string of the molecule is CN=C(NCc1ccccc1OC(F)F)NCC1CCCN1CCOC. The van der Waals surface area contributed by atoms with E-state index in [9.17, 15) is 8.78 Å². The molecular formula is C18H28F2N4O2. The van der Waals surface area contributed by atoms with E-state index in [1.54, 1.807) is 32.4 Å². The fourth-order valence-electron chi connectivity index (χ4n) is 3.10. The molecular weight excluding hydrogens is 342 g/mol. The topological polar surface area (TPSA) is 58.1 Å². The van der Waals surface area contributed by atoms with Crippen molar-refractivity contribution in [3.8, 4) is 5.75 Å². The second-order valence-electron chi connectivity index (χ2n) is 6.12. The first-order valence-corrected chi connectivity index (χ1v) is 8.84. The van der Waals surface area contributed by atoms with Gasteiger partial charge in [0.2, 0.25) is 0 Å². The minimum atomic E-state index is -2.84. The van der Waals surface area contributed by atoms with Crippen LogP contribution >= 0.6 is 0 Å². The van der Waals surface area contributed by atoms with Crippen molar-refractivity contribution in [1.82, 2.24) is 15.5 Å². The van der Waals surface area contributed by atoms with Gasteiger partial charge in [-0.05, 0) is 25.5 Å². The van der Waals surface area contributed by atoms with Crippen LogP contribution in [0.1, 0.15) is 18.4 Å². The van der Waals surface area contributed by atoms with E-state index in [0.29, 0.717) is 24.1 Å². The van der Waals surface area contributed by atoms with E-state index in [2.05, 4.69) is 25.3 Å². The Balaban J connectivity index is 1.83. The largest absolute Gasteiger partial charge is 0.434 e. The molecule has 8 heteroatoms. The predicted molar refractivity (Wildman–Crippen MR) is 97.7 cm³/mol. The molecule has 1 aliphatic rings. The van der Waals surface area contributed by atoms with Crippen molar-refractivity contribution in [1.29, 1.82) is 0 Å². The highest BCUT2D eigenvalue weighted by molar-refractivity contribution is 5.79. The molecule has 0 spiro atoms. The molecule has 26 heavy (non-hydrogen) atoms. The Morgan fingerprint density at radius 3 is 2.88 bits per heavy atom. The van der Waals surface area contributed by atoms with Crippen LogP contribution in [-0.4, -0.2) is 63.9 Å². The molecule has 0 aromatic heterocycles. The summed E-state index contributed by atoms with van der Waals surface area (Å²) in [6, 6.07) is 7.19. The molecule has 1 aromatic carbocycles. The first kappa shape index (κ1) is 20.4. The van der Waals surface area contributed by atoms with Gasteiger partial charge in [0.25, 0.3) is 0 Å². The number of guanidine groups is 1.